The van der Waals surface area contributed by atoms with Gasteiger partial charge in [-0.25, -0.2) is 11.6 Å². The molecule has 3 aliphatic rings. The van der Waals surface area contributed by atoms with E-state index in [0.29, 0.717) is 5.41 Å². The van der Waals surface area contributed by atoms with E-state index >= 15 is 0 Å². The van der Waals surface area contributed by atoms with E-state index in [0.717, 1.165) is 19.3 Å². The molecule has 0 unspecified atom stereocenters. The number of halogens is 2. The Labute approximate surface area is 331 Å². The van der Waals surface area contributed by atoms with Crippen molar-refractivity contribution in [3.8, 4) is 11.1 Å². The minimum atomic E-state index is 0. The predicted molar refractivity (Wildman–Crippen MR) is 207 cm³/mol. The fourth-order valence-electron chi connectivity index (χ4n) is 7.89. The molecule has 0 nitrogen and oxygen atoms in total. The number of benzene rings is 3. The summed E-state index contributed by atoms with van der Waals surface area (Å²) < 4.78 is 1.46. The van der Waals surface area contributed by atoms with Crippen molar-refractivity contribution in [1.29, 1.82) is 0 Å². The second kappa shape index (κ2) is 15.8. The summed E-state index contributed by atoms with van der Waals surface area (Å²) in [5, 5.41) is 0. The Balaban J connectivity index is 0.000000229. The molecule has 50 heavy (non-hydrogen) atoms. The van der Waals surface area contributed by atoms with Crippen molar-refractivity contribution in [3.05, 3.63) is 134 Å². The molecule has 0 saturated heterocycles. The number of allylic oxidation sites excluding steroid dienone is 4. The van der Waals surface area contributed by atoms with Crippen LogP contribution in [0.25, 0.3) is 22.3 Å². The first-order valence-electron chi connectivity index (χ1n) is 17.9. The number of fused-ring (bicyclic) bond motifs is 5. The molecule has 4 aromatic carbocycles. The summed E-state index contributed by atoms with van der Waals surface area (Å²) in [4.78, 5) is 0. The Kier molecular flexibility index (Phi) is 13.4. The summed E-state index contributed by atoms with van der Waals surface area (Å²) in [5.74, 6) is 0. The van der Waals surface area contributed by atoms with Gasteiger partial charge < -0.3 is 24.8 Å². The zero-order chi connectivity index (χ0) is 35.3. The molecule has 0 aromatic heterocycles. The first kappa shape index (κ1) is 42.2. The SMILES string of the molecule is CC1=[C-]C(C)(C)c2cc3c(cc21)-c1cc2c(cc1C3)C(C)(C)C=C2C.CCc1cc(C(C)(C)C)c(CC)[cH-]1.C[C](=[Zr+2])c1ccc(C)cc1.[Cl-].[Cl-]. The van der Waals surface area contributed by atoms with E-state index in [1.165, 1.54) is 111 Å². The maximum atomic E-state index is 3.65. The molecule has 0 N–H and O–H groups in total. The van der Waals surface area contributed by atoms with Crippen molar-refractivity contribution in [1.82, 2.24) is 0 Å². The molecule has 3 heteroatoms. The molecule has 0 heterocycles. The molecule has 264 valence electrons. The van der Waals surface area contributed by atoms with Crippen molar-refractivity contribution in [2.24, 2.45) is 0 Å². The van der Waals surface area contributed by atoms with Crippen molar-refractivity contribution in [2.45, 2.75) is 126 Å². The second-order valence-corrected chi connectivity index (χ2v) is 18.3. The maximum absolute atomic E-state index is 3.65. The summed E-state index contributed by atoms with van der Waals surface area (Å²) >= 11 is 1.51. The molecule has 0 aliphatic heterocycles. The zero-order valence-corrected chi connectivity index (χ0v) is 36.7. The molecule has 0 fully saturated rings. The van der Waals surface area contributed by atoms with Crippen LogP contribution in [-0.4, -0.2) is 3.21 Å². The van der Waals surface area contributed by atoms with Crippen LogP contribution < -0.4 is 24.8 Å². The van der Waals surface area contributed by atoms with Crippen LogP contribution in [0.15, 0.2) is 66.7 Å². The fraction of sp³-hybridized carbons (Fsp3) is 0.404. The Hall–Kier alpha value is -2.18. The van der Waals surface area contributed by atoms with E-state index in [-0.39, 0.29) is 35.6 Å². The average molecular weight is 783 g/mol. The summed E-state index contributed by atoms with van der Waals surface area (Å²) in [6, 6.07) is 23.2. The normalized spacial score (nSPS) is 15.3. The van der Waals surface area contributed by atoms with Crippen LogP contribution in [0.5, 0.6) is 0 Å². The zero-order valence-electron chi connectivity index (χ0n) is 32.7. The van der Waals surface area contributed by atoms with E-state index in [1.54, 1.807) is 0 Å². The van der Waals surface area contributed by atoms with Crippen molar-refractivity contribution in [2.75, 3.05) is 0 Å². The number of hydrogen-bond acceptors (Lipinski definition) is 0. The smallest absolute Gasteiger partial charge is 1.00 e. The summed E-state index contributed by atoms with van der Waals surface area (Å²) in [7, 11) is 0. The minimum absolute atomic E-state index is 0. The molecular formula is C47H56Cl2Zr-2. The molecular weight excluding hydrogens is 727 g/mol. The molecule has 0 spiro atoms. The molecule has 0 atom stereocenters. The van der Waals surface area contributed by atoms with Crippen LogP contribution in [0.4, 0.5) is 0 Å². The van der Waals surface area contributed by atoms with Crippen LogP contribution in [0.1, 0.15) is 144 Å². The van der Waals surface area contributed by atoms with Gasteiger partial charge >= 0.3 is 76.7 Å². The van der Waals surface area contributed by atoms with E-state index in [1.807, 2.05) is 0 Å². The van der Waals surface area contributed by atoms with Crippen LogP contribution in [0.2, 0.25) is 0 Å². The molecule has 0 amide bonds. The predicted octanol–water partition coefficient (Wildman–Crippen LogP) is 6.37. The van der Waals surface area contributed by atoms with Gasteiger partial charge in [-0.05, 0) is 58.4 Å². The summed E-state index contributed by atoms with van der Waals surface area (Å²) in [5.41, 5.74) is 22.1. The van der Waals surface area contributed by atoms with E-state index in [2.05, 4.69) is 163 Å². The van der Waals surface area contributed by atoms with Crippen molar-refractivity contribution in [3.63, 3.8) is 0 Å². The summed E-state index contributed by atoms with van der Waals surface area (Å²) in [6.07, 6.45) is 9.45. The Morgan fingerprint density at radius 3 is 1.84 bits per heavy atom. The van der Waals surface area contributed by atoms with Gasteiger partial charge in [-0.3, -0.25) is 6.08 Å². The topological polar surface area (TPSA) is 0 Å². The van der Waals surface area contributed by atoms with Gasteiger partial charge in [0.15, 0.2) is 0 Å². The van der Waals surface area contributed by atoms with Gasteiger partial charge in [0.05, 0.1) is 0 Å². The monoisotopic (exact) mass is 780 g/mol. The molecule has 4 aromatic rings. The number of hydrogen-bond donors (Lipinski definition) is 0. The third-order valence-corrected chi connectivity index (χ3v) is 11.3. The first-order chi connectivity index (χ1) is 22.4. The van der Waals surface area contributed by atoms with E-state index in [9.17, 15) is 0 Å². The number of aryl methyl sites for hydroxylation is 3. The Bertz CT molecular complexity index is 1850. The fourth-order valence-corrected chi connectivity index (χ4v) is 8.30. The van der Waals surface area contributed by atoms with Gasteiger partial charge in [-0.2, -0.15) is 28.3 Å². The van der Waals surface area contributed by atoms with Crippen molar-refractivity contribution < 1.29 is 49.0 Å². The average Bonchev–Trinajstić information content (AvgIpc) is 3.71. The standard InChI is InChI=1S/C25H25.C13H21.C9H10.2ClH.Zr/c1-14-12-24(3,4)22-8-16-7-17-9-23-19(15(2)13-25(23,5)6)11-21(17)20(16)10-18(14)22;1-6-10-8-11(7-2)12(9-10)13(3,4)5;1-3-9-6-4-8(2)5-7-9;;;/h8-12H,7H2,1-6H3;8-9H,6-7H2,1-5H3;4-7H,1-2H3;2*1H;/q2*-1;;;;+2/p-2. The Morgan fingerprint density at radius 1 is 0.780 bits per heavy atom. The molecule has 7 rings (SSSR count). The van der Waals surface area contributed by atoms with E-state index in [4.69, 9.17) is 0 Å². The second-order valence-electron chi connectivity index (χ2n) is 16.5. The maximum Gasteiger partial charge on any atom is -1.00 e. The third kappa shape index (κ3) is 8.54. The molecule has 0 saturated carbocycles. The van der Waals surface area contributed by atoms with Gasteiger partial charge in [0.25, 0.3) is 0 Å². The van der Waals surface area contributed by atoms with Gasteiger partial charge in [-0.1, -0.05) is 111 Å². The molecule has 0 bridgehead atoms. The third-order valence-electron chi connectivity index (χ3n) is 10.5. The van der Waals surface area contributed by atoms with Crippen LogP contribution in [-0.2, 0) is 59.7 Å². The van der Waals surface area contributed by atoms with E-state index < -0.39 is 0 Å². The van der Waals surface area contributed by atoms with Gasteiger partial charge in [-0.15, -0.1) is 11.6 Å². The number of rotatable bonds is 3. The largest absolute Gasteiger partial charge is 1.00 e. The van der Waals surface area contributed by atoms with Gasteiger partial charge in [0.2, 0.25) is 0 Å². The quantitative estimate of drug-likeness (QED) is 0.187. The van der Waals surface area contributed by atoms with Crippen LogP contribution >= 0.6 is 0 Å². The summed E-state index contributed by atoms with van der Waals surface area (Å²) in [6.45, 7) is 29.3. The first-order valence-corrected chi connectivity index (χ1v) is 19.2. The Morgan fingerprint density at radius 2 is 1.34 bits per heavy atom. The minimum Gasteiger partial charge on any atom is -1.00 e. The van der Waals surface area contributed by atoms with Crippen LogP contribution in [0, 0.1) is 13.0 Å². The van der Waals surface area contributed by atoms with Crippen LogP contribution in [0.3, 0.4) is 0 Å². The van der Waals surface area contributed by atoms with Gasteiger partial charge in [0, 0.05) is 5.41 Å². The van der Waals surface area contributed by atoms with Crippen molar-refractivity contribution >= 4 is 14.4 Å². The molecule has 3 aliphatic carbocycles. The molecule has 0 radical (unpaired) electrons. The van der Waals surface area contributed by atoms with Gasteiger partial charge in [0.1, 0.15) is 0 Å².